The van der Waals surface area contributed by atoms with Crippen molar-refractivity contribution in [3.05, 3.63) is 74.7 Å². The predicted octanol–water partition coefficient (Wildman–Crippen LogP) is 2.99. The van der Waals surface area contributed by atoms with Gasteiger partial charge in [-0.2, -0.15) is 5.01 Å². The number of benzene rings is 2. The van der Waals surface area contributed by atoms with E-state index in [1.165, 1.54) is 24.3 Å². The molecule has 3 rings (SSSR count). The number of para-hydroxylation sites is 1. The number of thioether (sulfide) groups is 1. The van der Waals surface area contributed by atoms with Crippen molar-refractivity contribution in [3.63, 3.8) is 0 Å². The zero-order valence-electron chi connectivity index (χ0n) is 16.2. The lowest BCUT2D eigenvalue weighted by molar-refractivity contribution is -0.385. The van der Waals surface area contributed by atoms with Gasteiger partial charge in [0.2, 0.25) is 0 Å². The first-order valence-electron chi connectivity index (χ1n) is 9.03. The number of nitro groups is 1. The molecule has 12 heteroatoms. The van der Waals surface area contributed by atoms with E-state index in [0.29, 0.717) is 11.3 Å². The lowest BCUT2D eigenvalue weighted by atomic mass is 10.2. The number of nitro benzene ring substituents is 1. The minimum Gasteiger partial charge on any atom is -0.493 e. The molecule has 1 aliphatic heterocycles. The average Bonchev–Trinajstić information content (AvgIpc) is 3.02. The summed E-state index contributed by atoms with van der Waals surface area (Å²) >= 11 is 6.13. The normalized spacial score (nSPS) is 14.5. The lowest BCUT2D eigenvalue weighted by Crippen LogP contribution is -2.45. The molecule has 2 amide bonds. The molecule has 0 spiro atoms. The smallest absolute Gasteiger partial charge is 0.306 e. The Labute approximate surface area is 191 Å². The SMILES string of the molecule is O=C(O)CCOc1ccc(/C=C2/SC(=S)N(NC(=O)c3ccccc3[N+](=O)[O-])C2=O)cc1. The Morgan fingerprint density at radius 3 is 2.56 bits per heavy atom. The molecule has 0 bridgehead atoms. The van der Waals surface area contributed by atoms with Gasteiger partial charge in [0.05, 0.1) is 22.9 Å². The largest absolute Gasteiger partial charge is 0.493 e. The number of hydrogen-bond acceptors (Lipinski definition) is 8. The number of ether oxygens (including phenoxy) is 1. The molecular weight excluding hydrogens is 458 g/mol. The summed E-state index contributed by atoms with van der Waals surface area (Å²) in [6.45, 7) is 0.0343. The number of carboxylic acids is 1. The zero-order valence-corrected chi connectivity index (χ0v) is 17.9. The summed E-state index contributed by atoms with van der Waals surface area (Å²) < 4.78 is 5.38. The number of hydrogen-bond donors (Lipinski definition) is 2. The molecule has 1 fully saturated rings. The minimum atomic E-state index is -0.961. The fraction of sp³-hybridized carbons (Fsp3) is 0.100. The van der Waals surface area contributed by atoms with Crippen molar-refractivity contribution in [2.24, 2.45) is 0 Å². The summed E-state index contributed by atoms with van der Waals surface area (Å²) in [5, 5.41) is 20.6. The Bertz CT molecular complexity index is 1130. The molecule has 164 valence electrons. The molecule has 0 radical (unpaired) electrons. The summed E-state index contributed by atoms with van der Waals surface area (Å²) in [4.78, 5) is 46.4. The molecule has 0 aromatic heterocycles. The van der Waals surface area contributed by atoms with Gasteiger partial charge in [-0.3, -0.25) is 29.9 Å². The first-order valence-corrected chi connectivity index (χ1v) is 10.3. The highest BCUT2D eigenvalue weighted by atomic mass is 32.2. The Balaban J connectivity index is 1.69. The molecule has 0 atom stereocenters. The van der Waals surface area contributed by atoms with Gasteiger partial charge in [0.15, 0.2) is 4.32 Å². The number of thiocarbonyl (C=S) groups is 1. The van der Waals surface area contributed by atoms with Crippen LogP contribution in [0.1, 0.15) is 22.3 Å². The second kappa shape index (κ2) is 10.0. The van der Waals surface area contributed by atoms with Crippen LogP contribution in [0.4, 0.5) is 5.69 Å². The van der Waals surface area contributed by atoms with Crippen molar-refractivity contribution < 1.29 is 29.2 Å². The molecule has 10 nitrogen and oxygen atoms in total. The van der Waals surface area contributed by atoms with E-state index in [-0.39, 0.29) is 27.8 Å². The maximum Gasteiger partial charge on any atom is 0.306 e. The van der Waals surface area contributed by atoms with Crippen LogP contribution >= 0.6 is 24.0 Å². The Kier molecular flexibility index (Phi) is 7.18. The number of hydrazine groups is 1. The number of nitrogens with zero attached hydrogens (tertiary/aromatic N) is 2. The van der Waals surface area contributed by atoms with Gasteiger partial charge in [-0.05, 0) is 42.1 Å². The number of carboxylic acid groups (broad SMARTS) is 1. The third-order valence-corrected chi connectivity index (χ3v) is 5.42. The molecule has 32 heavy (non-hydrogen) atoms. The van der Waals surface area contributed by atoms with E-state index < -0.39 is 28.4 Å². The second-order valence-corrected chi connectivity index (χ2v) is 7.97. The van der Waals surface area contributed by atoms with Crippen molar-refractivity contribution >= 4 is 57.8 Å². The number of aliphatic carboxylic acids is 1. The highest BCUT2D eigenvalue weighted by molar-refractivity contribution is 8.26. The summed E-state index contributed by atoms with van der Waals surface area (Å²) in [6, 6.07) is 12.0. The molecule has 1 heterocycles. The fourth-order valence-electron chi connectivity index (χ4n) is 2.62. The van der Waals surface area contributed by atoms with Crippen LogP contribution in [0, 0.1) is 10.1 Å². The topological polar surface area (TPSA) is 139 Å². The quantitative estimate of drug-likeness (QED) is 0.256. The molecule has 2 aromatic rings. The van der Waals surface area contributed by atoms with Gasteiger partial charge in [0, 0.05) is 6.07 Å². The third kappa shape index (κ3) is 5.47. The fourth-order valence-corrected chi connectivity index (χ4v) is 3.80. The molecule has 1 saturated heterocycles. The number of carbonyl (C=O) groups excluding carboxylic acids is 2. The van der Waals surface area contributed by atoms with E-state index in [2.05, 4.69) is 5.43 Å². The number of nitrogens with one attached hydrogen (secondary N) is 1. The van der Waals surface area contributed by atoms with Crippen molar-refractivity contribution in [3.8, 4) is 5.75 Å². The molecule has 2 N–H and O–H groups in total. The van der Waals surface area contributed by atoms with E-state index in [1.807, 2.05) is 0 Å². The lowest BCUT2D eigenvalue weighted by Gasteiger charge is -2.15. The van der Waals surface area contributed by atoms with Crippen LogP contribution < -0.4 is 10.2 Å². The van der Waals surface area contributed by atoms with E-state index in [1.54, 1.807) is 30.3 Å². The van der Waals surface area contributed by atoms with Gasteiger partial charge in [0.25, 0.3) is 17.5 Å². The molecule has 0 aliphatic carbocycles. The van der Waals surface area contributed by atoms with Crippen LogP contribution in [0.25, 0.3) is 6.08 Å². The van der Waals surface area contributed by atoms with Gasteiger partial charge in [-0.1, -0.05) is 36.0 Å². The zero-order chi connectivity index (χ0) is 23.3. The standard InChI is InChI=1S/C20H15N3O7S2/c24-17(25)9-10-30-13-7-5-12(6-8-13)11-16-19(27)22(20(31)32-16)21-18(26)14-3-1-2-4-15(14)23(28)29/h1-8,11H,9-10H2,(H,21,26)(H,24,25)/b16-11+. The van der Waals surface area contributed by atoms with Crippen LogP contribution in [0.15, 0.2) is 53.4 Å². The first-order chi connectivity index (χ1) is 15.3. The number of amides is 2. The Morgan fingerprint density at radius 2 is 1.91 bits per heavy atom. The van der Waals surface area contributed by atoms with Gasteiger partial charge in [0.1, 0.15) is 11.3 Å². The monoisotopic (exact) mass is 473 g/mol. The van der Waals surface area contributed by atoms with Gasteiger partial charge >= 0.3 is 5.97 Å². The number of rotatable bonds is 8. The highest BCUT2D eigenvalue weighted by Crippen LogP contribution is 2.32. The summed E-state index contributed by atoms with van der Waals surface area (Å²) in [5.74, 6) is -1.89. The Morgan fingerprint density at radius 1 is 1.22 bits per heavy atom. The molecule has 1 aliphatic rings. The van der Waals surface area contributed by atoms with Crippen molar-refractivity contribution in [2.75, 3.05) is 6.61 Å². The van der Waals surface area contributed by atoms with Gasteiger partial charge in [-0.15, -0.1) is 0 Å². The van der Waals surface area contributed by atoms with E-state index in [9.17, 15) is 24.5 Å². The predicted molar refractivity (Wildman–Crippen MR) is 120 cm³/mol. The molecule has 2 aromatic carbocycles. The van der Waals surface area contributed by atoms with E-state index in [0.717, 1.165) is 16.8 Å². The Hall–Kier alpha value is -3.77. The van der Waals surface area contributed by atoms with Gasteiger partial charge in [-0.25, -0.2) is 0 Å². The maximum absolute atomic E-state index is 12.7. The number of carbonyl (C=O) groups is 3. The maximum atomic E-state index is 12.7. The van der Waals surface area contributed by atoms with Crippen LogP contribution in [-0.4, -0.2) is 43.7 Å². The van der Waals surface area contributed by atoms with Crippen LogP contribution in [0.2, 0.25) is 0 Å². The highest BCUT2D eigenvalue weighted by Gasteiger charge is 2.34. The molecule has 0 saturated carbocycles. The summed E-state index contributed by atoms with van der Waals surface area (Å²) in [5.41, 5.74) is 2.38. The van der Waals surface area contributed by atoms with Crippen LogP contribution in [0.3, 0.4) is 0 Å². The van der Waals surface area contributed by atoms with E-state index in [4.69, 9.17) is 22.1 Å². The van der Waals surface area contributed by atoms with Crippen molar-refractivity contribution in [2.45, 2.75) is 6.42 Å². The van der Waals surface area contributed by atoms with Crippen LogP contribution in [0.5, 0.6) is 5.75 Å². The second-order valence-electron chi connectivity index (χ2n) is 6.29. The molecular formula is C20H15N3O7S2. The summed E-state index contributed by atoms with van der Waals surface area (Å²) in [6.07, 6.45) is 1.44. The van der Waals surface area contributed by atoms with Crippen molar-refractivity contribution in [1.82, 2.24) is 10.4 Å². The van der Waals surface area contributed by atoms with E-state index >= 15 is 0 Å². The minimum absolute atomic E-state index is 0.0343. The third-order valence-electron chi connectivity index (χ3n) is 4.11. The van der Waals surface area contributed by atoms with Crippen LogP contribution in [-0.2, 0) is 9.59 Å². The van der Waals surface area contributed by atoms with Gasteiger partial charge < -0.3 is 9.84 Å². The molecule has 0 unspecified atom stereocenters. The summed E-state index contributed by atoms with van der Waals surface area (Å²) in [7, 11) is 0. The first kappa shape index (κ1) is 22.9. The van der Waals surface area contributed by atoms with Crippen molar-refractivity contribution in [1.29, 1.82) is 0 Å². The average molecular weight is 473 g/mol.